The first kappa shape index (κ1) is 56.8. The second-order valence-corrected chi connectivity index (χ2v) is 17.2. The van der Waals surface area contributed by atoms with Crippen LogP contribution in [0.4, 0.5) is 0 Å². The molecule has 0 bridgehead atoms. The minimum Gasteiger partial charge on any atom is -0.462 e. The highest BCUT2D eigenvalue weighted by atomic mass is 16.5. The first-order chi connectivity index (χ1) is 29.0. The molecule has 0 aliphatic heterocycles. The fourth-order valence-electron chi connectivity index (χ4n) is 7.60. The van der Waals surface area contributed by atoms with Crippen LogP contribution < -0.4 is 5.32 Å². The molecular formula is C53H97NO5. The fourth-order valence-corrected chi connectivity index (χ4v) is 7.60. The van der Waals surface area contributed by atoms with E-state index in [0.717, 1.165) is 89.9 Å². The van der Waals surface area contributed by atoms with Crippen LogP contribution >= 0.6 is 0 Å². The number of amides is 1. The van der Waals surface area contributed by atoms with Gasteiger partial charge in [-0.25, -0.2) is 0 Å². The molecule has 1 amide bonds. The van der Waals surface area contributed by atoms with Gasteiger partial charge in [0, 0.05) is 6.42 Å². The number of carbonyl (C=O) groups excluding carboxylic acids is 2. The molecule has 0 aliphatic rings. The van der Waals surface area contributed by atoms with Crippen molar-refractivity contribution in [2.75, 3.05) is 6.61 Å². The van der Waals surface area contributed by atoms with Crippen LogP contribution in [0.15, 0.2) is 48.6 Å². The quantitative estimate of drug-likeness (QED) is 0.0323. The Morgan fingerprint density at radius 3 is 1.37 bits per heavy atom. The fraction of sp³-hybridized carbons (Fsp3) is 0.811. The standard InChI is InChI=1S/C53H97NO5/c1-4-7-10-13-16-19-22-24-26-27-29-31-34-37-40-43-46-53(58)59-49(44-41-38-35-32-21-18-15-12-9-6-3)47-52(57)54-50(48-55)51(56)45-42-39-36-33-30-28-25-23-20-17-14-11-8-5-2/h7,10,16,19,24,26,29,31,49-51,55-56H,4-6,8-9,11-15,17-18,20-23,25,27-28,30,32-48H2,1-3H3,(H,54,57)/b10-7+,19-16+,26-24+,31-29+. The minimum absolute atomic E-state index is 0.0665. The first-order valence-corrected chi connectivity index (χ1v) is 25.4. The molecule has 0 spiro atoms. The number of ether oxygens (including phenoxy) is 1. The number of hydrogen-bond donors (Lipinski definition) is 3. The van der Waals surface area contributed by atoms with Gasteiger partial charge in [-0.05, 0) is 64.2 Å². The zero-order chi connectivity index (χ0) is 43.1. The van der Waals surface area contributed by atoms with Crippen molar-refractivity contribution in [2.45, 2.75) is 270 Å². The van der Waals surface area contributed by atoms with E-state index in [1.165, 1.54) is 116 Å². The molecular weight excluding hydrogens is 731 g/mol. The van der Waals surface area contributed by atoms with Crippen molar-refractivity contribution in [3.63, 3.8) is 0 Å². The third-order valence-corrected chi connectivity index (χ3v) is 11.4. The number of rotatable bonds is 45. The van der Waals surface area contributed by atoms with Gasteiger partial charge in [-0.1, -0.05) is 223 Å². The van der Waals surface area contributed by atoms with Crippen molar-refractivity contribution in [3.05, 3.63) is 48.6 Å². The molecule has 0 aromatic rings. The zero-order valence-corrected chi connectivity index (χ0v) is 39.1. The van der Waals surface area contributed by atoms with Gasteiger partial charge in [-0.3, -0.25) is 9.59 Å². The lowest BCUT2D eigenvalue weighted by atomic mass is 10.0. The van der Waals surface area contributed by atoms with E-state index in [1.807, 2.05) is 0 Å². The SMILES string of the molecule is CC/C=C/C/C=C/C/C=C/C/C=C/CCCCCC(=O)OC(CCCCCCCCCCCC)CC(=O)NC(CO)C(O)CCCCCCCCCCCCCCCC. The topological polar surface area (TPSA) is 95.9 Å². The Kier molecular flexibility index (Phi) is 45.1. The average Bonchev–Trinajstić information content (AvgIpc) is 3.23. The third-order valence-electron chi connectivity index (χ3n) is 11.4. The van der Waals surface area contributed by atoms with Crippen LogP contribution in [0.5, 0.6) is 0 Å². The molecule has 3 N–H and O–H groups in total. The number of nitrogens with one attached hydrogen (secondary N) is 1. The van der Waals surface area contributed by atoms with E-state index in [-0.39, 0.29) is 24.9 Å². The van der Waals surface area contributed by atoms with Crippen LogP contribution in [0.2, 0.25) is 0 Å². The van der Waals surface area contributed by atoms with Crippen LogP contribution in [0.1, 0.15) is 252 Å². The highest BCUT2D eigenvalue weighted by Gasteiger charge is 2.24. The Morgan fingerprint density at radius 1 is 0.508 bits per heavy atom. The molecule has 344 valence electrons. The van der Waals surface area contributed by atoms with Crippen molar-refractivity contribution >= 4 is 11.9 Å². The lowest BCUT2D eigenvalue weighted by Crippen LogP contribution is -2.46. The van der Waals surface area contributed by atoms with E-state index in [2.05, 4.69) is 74.7 Å². The van der Waals surface area contributed by atoms with Crippen LogP contribution in [0.25, 0.3) is 0 Å². The van der Waals surface area contributed by atoms with Gasteiger partial charge in [0.1, 0.15) is 6.10 Å². The van der Waals surface area contributed by atoms with Crippen molar-refractivity contribution in [1.82, 2.24) is 5.32 Å². The molecule has 0 saturated carbocycles. The average molecular weight is 828 g/mol. The molecule has 0 fully saturated rings. The molecule has 0 saturated heterocycles. The number of allylic oxidation sites excluding steroid dienone is 8. The monoisotopic (exact) mass is 828 g/mol. The van der Waals surface area contributed by atoms with Gasteiger partial charge in [0.25, 0.3) is 0 Å². The van der Waals surface area contributed by atoms with Crippen molar-refractivity contribution < 1.29 is 24.5 Å². The number of aliphatic hydroxyl groups excluding tert-OH is 2. The zero-order valence-electron chi connectivity index (χ0n) is 39.1. The van der Waals surface area contributed by atoms with Crippen molar-refractivity contribution in [2.24, 2.45) is 0 Å². The number of esters is 1. The van der Waals surface area contributed by atoms with Gasteiger partial charge in [-0.2, -0.15) is 0 Å². The number of carbonyl (C=O) groups is 2. The Morgan fingerprint density at radius 2 is 0.915 bits per heavy atom. The van der Waals surface area contributed by atoms with E-state index >= 15 is 0 Å². The summed E-state index contributed by atoms with van der Waals surface area (Å²) in [6.07, 6.45) is 56.0. The molecule has 6 heteroatoms. The van der Waals surface area contributed by atoms with E-state index in [4.69, 9.17) is 4.74 Å². The maximum absolute atomic E-state index is 13.2. The molecule has 0 heterocycles. The second kappa shape index (κ2) is 46.9. The van der Waals surface area contributed by atoms with Crippen LogP contribution in [0, 0.1) is 0 Å². The second-order valence-electron chi connectivity index (χ2n) is 17.2. The maximum atomic E-state index is 13.2. The summed E-state index contributed by atoms with van der Waals surface area (Å²) in [6, 6.07) is -0.705. The highest BCUT2D eigenvalue weighted by Crippen LogP contribution is 2.18. The smallest absolute Gasteiger partial charge is 0.306 e. The van der Waals surface area contributed by atoms with Crippen LogP contribution in [-0.2, 0) is 14.3 Å². The minimum atomic E-state index is -0.791. The normalized spacial score (nSPS) is 13.6. The molecule has 3 unspecified atom stereocenters. The summed E-state index contributed by atoms with van der Waals surface area (Å²) < 4.78 is 5.91. The van der Waals surface area contributed by atoms with Gasteiger partial charge in [-0.15, -0.1) is 0 Å². The molecule has 0 rings (SSSR count). The predicted molar refractivity (Wildman–Crippen MR) is 255 cm³/mol. The summed E-state index contributed by atoms with van der Waals surface area (Å²) in [7, 11) is 0. The van der Waals surface area contributed by atoms with E-state index < -0.39 is 18.2 Å². The number of hydrogen-bond acceptors (Lipinski definition) is 5. The maximum Gasteiger partial charge on any atom is 0.306 e. The van der Waals surface area contributed by atoms with Gasteiger partial charge >= 0.3 is 5.97 Å². The van der Waals surface area contributed by atoms with E-state index in [0.29, 0.717) is 19.3 Å². The molecule has 0 aromatic carbocycles. The largest absolute Gasteiger partial charge is 0.462 e. The number of aliphatic hydroxyl groups is 2. The van der Waals surface area contributed by atoms with Gasteiger partial charge in [0.05, 0.1) is 25.2 Å². The molecule has 0 aromatic heterocycles. The van der Waals surface area contributed by atoms with Crippen molar-refractivity contribution in [1.29, 1.82) is 0 Å². The summed E-state index contributed by atoms with van der Waals surface area (Å²) in [5.41, 5.74) is 0. The summed E-state index contributed by atoms with van der Waals surface area (Å²) in [5.74, 6) is -0.505. The Balaban J connectivity index is 4.54. The lowest BCUT2D eigenvalue weighted by Gasteiger charge is -2.24. The van der Waals surface area contributed by atoms with E-state index in [9.17, 15) is 19.8 Å². The van der Waals surface area contributed by atoms with Gasteiger partial charge < -0.3 is 20.3 Å². The number of unbranched alkanes of at least 4 members (excludes halogenated alkanes) is 25. The third kappa shape index (κ3) is 42.3. The van der Waals surface area contributed by atoms with Crippen molar-refractivity contribution in [3.8, 4) is 0 Å². The Labute approximate surface area is 366 Å². The van der Waals surface area contributed by atoms with E-state index in [1.54, 1.807) is 0 Å². The highest BCUT2D eigenvalue weighted by molar-refractivity contribution is 5.77. The molecule has 0 aliphatic carbocycles. The lowest BCUT2D eigenvalue weighted by molar-refractivity contribution is -0.151. The summed E-state index contributed by atoms with van der Waals surface area (Å²) in [5, 5.41) is 23.7. The first-order valence-electron chi connectivity index (χ1n) is 25.4. The van der Waals surface area contributed by atoms with Crippen LogP contribution in [-0.4, -0.2) is 46.9 Å². The molecule has 6 nitrogen and oxygen atoms in total. The summed E-state index contributed by atoms with van der Waals surface area (Å²) in [4.78, 5) is 26.1. The van der Waals surface area contributed by atoms with Gasteiger partial charge in [0.2, 0.25) is 5.91 Å². The Bertz CT molecular complexity index is 1020. The molecule has 3 atom stereocenters. The predicted octanol–water partition coefficient (Wildman–Crippen LogP) is 15.1. The summed E-state index contributed by atoms with van der Waals surface area (Å²) >= 11 is 0. The molecule has 0 radical (unpaired) electrons. The molecule has 59 heavy (non-hydrogen) atoms. The Hall–Kier alpha value is -2.18. The van der Waals surface area contributed by atoms with Gasteiger partial charge in [0.15, 0.2) is 0 Å². The van der Waals surface area contributed by atoms with Crippen LogP contribution in [0.3, 0.4) is 0 Å². The summed E-state index contributed by atoms with van der Waals surface area (Å²) in [6.45, 7) is 6.36.